The molecule has 0 radical (unpaired) electrons. The number of rotatable bonds is 2. The van der Waals surface area contributed by atoms with Crippen LogP contribution in [0.25, 0.3) is 0 Å². The lowest BCUT2D eigenvalue weighted by Gasteiger charge is -1.97. The number of aromatic nitrogens is 1. The average Bonchev–Trinajstić information content (AvgIpc) is 2.36. The molecule has 0 N–H and O–H groups in total. The third kappa shape index (κ3) is 2.38. The first-order valence-electron chi connectivity index (χ1n) is 3.83. The molecule has 0 aromatic carbocycles. The Bertz CT molecular complexity index is 278. The molecular weight excluding hydrogens is 156 g/mol. The Morgan fingerprint density at radius 2 is 2.50 bits per heavy atom. The van der Waals surface area contributed by atoms with Gasteiger partial charge in [-0.2, -0.15) is 4.99 Å². The molecule has 4 heteroatoms. The number of hydrogen-bond donors (Lipinski definition) is 0. The van der Waals surface area contributed by atoms with Gasteiger partial charge in [-0.15, -0.1) is 0 Å². The smallest absolute Gasteiger partial charge is 0.198 e. The third-order valence-electron chi connectivity index (χ3n) is 1.24. The third-order valence-corrected chi connectivity index (χ3v) is 1.24. The van der Waals surface area contributed by atoms with Gasteiger partial charge in [-0.05, 0) is 13.8 Å². The Morgan fingerprint density at radius 1 is 1.75 bits per heavy atom. The van der Waals surface area contributed by atoms with Crippen molar-refractivity contribution in [3.05, 3.63) is 11.8 Å². The van der Waals surface area contributed by atoms with Crippen LogP contribution >= 0.6 is 0 Å². The molecule has 0 aliphatic rings. The topological polar surface area (TPSA) is 47.6 Å². The minimum atomic E-state index is 0.554. The molecule has 0 fully saturated rings. The van der Waals surface area contributed by atoms with E-state index in [-0.39, 0.29) is 0 Å². The van der Waals surface area contributed by atoms with E-state index in [1.807, 2.05) is 13.8 Å². The van der Waals surface area contributed by atoms with Gasteiger partial charge in [0.05, 0.1) is 6.61 Å². The van der Waals surface area contributed by atoms with E-state index in [4.69, 9.17) is 9.26 Å². The summed E-state index contributed by atoms with van der Waals surface area (Å²) in [6.45, 7) is 6.13. The molecule has 0 spiro atoms. The molecule has 1 heterocycles. The number of ether oxygens (including phenoxy) is 1. The zero-order valence-electron chi connectivity index (χ0n) is 7.50. The fraction of sp³-hybridized carbons (Fsp3) is 0.500. The summed E-state index contributed by atoms with van der Waals surface area (Å²) in [5.41, 5.74) is 0. The van der Waals surface area contributed by atoms with Gasteiger partial charge < -0.3 is 9.26 Å². The number of aliphatic imine (C=N–C) groups is 1. The van der Waals surface area contributed by atoms with Crippen LogP contribution in [0.2, 0.25) is 0 Å². The van der Waals surface area contributed by atoms with Crippen LogP contribution in [0.5, 0.6) is 0 Å². The number of aryl methyl sites for hydroxylation is 1. The highest BCUT2D eigenvalue weighted by atomic mass is 16.5. The predicted octanol–water partition coefficient (Wildman–Crippen LogP) is 2.07. The molecule has 12 heavy (non-hydrogen) atoms. The molecule has 0 saturated carbocycles. The SMILES string of the molecule is CCOC(C)=Nc1cc(C)on1. The summed E-state index contributed by atoms with van der Waals surface area (Å²) in [6.07, 6.45) is 0. The molecular formula is C8H12N2O2. The van der Waals surface area contributed by atoms with Crippen molar-refractivity contribution in [1.82, 2.24) is 5.16 Å². The lowest BCUT2D eigenvalue weighted by Crippen LogP contribution is -1.97. The molecule has 0 aliphatic heterocycles. The minimum absolute atomic E-state index is 0.554. The van der Waals surface area contributed by atoms with Gasteiger partial charge in [-0.25, -0.2) is 0 Å². The maximum absolute atomic E-state index is 5.12. The van der Waals surface area contributed by atoms with Gasteiger partial charge in [0.15, 0.2) is 11.7 Å². The van der Waals surface area contributed by atoms with Gasteiger partial charge in [0.1, 0.15) is 5.76 Å². The summed E-state index contributed by atoms with van der Waals surface area (Å²) in [4.78, 5) is 4.06. The highest BCUT2D eigenvalue weighted by Crippen LogP contribution is 2.11. The van der Waals surface area contributed by atoms with Gasteiger partial charge in [0.25, 0.3) is 0 Å². The first-order valence-corrected chi connectivity index (χ1v) is 3.83. The Morgan fingerprint density at radius 3 is 3.00 bits per heavy atom. The van der Waals surface area contributed by atoms with E-state index in [1.165, 1.54) is 0 Å². The van der Waals surface area contributed by atoms with Crippen molar-refractivity contribution in [2.45, 2.75) is 20.8 Å². The Kier molecular flexibility index (Phi) is 2.85. The van der Waals surface area contributed by atoms with E-state index in [2.05, 4.69) is 10.1 Å². The Labute approximate surface area is 71.2 Å². The van der Waals surface area contributed by atoms with Crippen LogP contribution in [0.15, 0.2) is 15.6 Å². The zero-order chi connectivity index (χ0) is 8.97. The first kappa shape index (κ1) is 8.77. The van der Waals surface area contributed by atoms with E-state index in [1.54, 1.807) is 13.0 Å². The molecule has 66 valence electrons. The van der Waals surface area contributed by atoms with Crippen molar-refractivity contribution in [2.75, 3.05) is 6.61 Å². The summed E-state index contributed by atoms with van der Waals surface area (Å²) in [7, 11) is 0. The fourth-order valence-corrected chi connectivity index (χ4v) is 0.808. The van der Waals surface area contributed by atoms with E-state index in [9.17, 15) is 0 Å². The van der Waals surface area contributed by atoms with Crippen molar-refractivity contribution in [3.8, 4) is 0 Å². The summed E-state index contributed by atoms with van der Waals surface area (Å²) in [5.74, 6) is 1.90. The van der Waals surface area contributed by atoms with Crippen LogP contribution in [0, 0.1) is 6.92 Å². The van der Waals surface area contributed by atoms with Crippen molar-refractivity contribution < 1.29 is 9.26 Å². The Hall–Kier alpha value is -1.32. The second kappa shape index (κ2) is 3.90. The van der Waals surface area contributed by atoms with Crippen LogP contribution in [0.4, 0.5) is 5.82 Å². The highest BCUT2D eigenvalue weighted by Gasteiger charge is 1.98. The lowest BCUT2D eigenvalue weighted by molar-refractivity contribution is 0.324. The zero-order valence-corrected chi connectivity index (χ0v) is 7.50. The van der Waals surface area contributed by atoms with Crippen LogP contribution in [-0.2, 0) is 4.74 Å². The summed E-state index contributed by atoms with van der Waals surface area (Å²) >= 11 is 0. The van der Waals surface area contributed by atoms with Gasteiger partial charge in [-0.1, -0.05) is 5.16 Å². The summed E-state index contributed by atoms with van der Waals surface area (Å²) in [6, 6.07) is 1.75. The molecule has 4 nitrogen and oxygen atoms in total. The number of hydrogen-bond acceptors (Lipinski definition) is 4. The van der Waals surface area contributed by atoms with E-state index < -0.39 is 0 Å². The van der Waals surface area contributed by atoms with E-state index in [0.717, 1.165) is 5.76 Å². The van der Waals surface area contributed by atoms with E-state index in [0.29, 0.717) is 18.3 Å². The predicted molar refractivity (Wildman–Crippen MR) is 45.6 cm³/mol. The minimum Gasteiger partial charge on any atom is -0.481 e. The second-order valence-electron chi connectivity index (χ2n) is 2.36. The summed E-state index contributed by atoms with van der Waals surface area (Å²) < 4.78 is 9.95. The maximum Gasteiger partial charge on any atom is 0.198 e. The molecule has 0 unspecified atom stereocenters. The molecule has 1 aromatic rings. The van der Waals surface area contributed by atoms with Gasteiger partial charge in [-0.3, -0.25) is 0 Å². The molecule has 0 aliphatic carbocycles. The van der Waals surface area contributed by atoms with E-state index >= 15 is 0 Å². The van der Waals surface area contributed by atoms with Crippen LogP contribution < -0.4 is 0 Å². The van der Waals surface area contributed by atoms with Gasteiger partial charge in [0.2, 0.25) is 0 Å². The maximum atomic E-state index is 5.12. The lowest BCUT2D eigenvalue weighted by atomic mass is 10.5. The van der Waals surface area contributed by atoms with Crippen molar-refractivity contribution in [2.24, 2.45) is 4.99 Å². The van der Waals surface area contributed by atoms with Crippen LogP contribution in [0.1, 0.15) is 19.6 Å². The molecule has 1 aromatic heterocycles. The standard InChI is InChI=1S/C8H12N2O2/c1-4-11-7(3)9-8-5-6(2)12-10-8/h5H,4H2,1-3H3. The average molecular weight is 168 g/mol. The number of nitrogens with zero attached hydrogens (tertiary/aromatic N) is 2. The summed E-state index contributed by atoms with van der Waals surface area (Å²) in [5, 5.41) is 3.70. The molecule has 1 rings (SSSR count). The van der Waals surface area contributed by atoms with Crippen LogP contribution in [0.3, 0.4) is 0 Å². The molecule has 0 bridgehead atoms. The molecule has 0 saturated heterocycles. The van der Waals surface area contributed by atoms with Crippen molar-refractivity contribution in [1.29, 1.82) is 0 Å². The van der Waals surface area contributed by atoms with Crippen LogP contribution in [-0.4, -0.2) is 17.7 Å². The Balaban J connectivity index is 2.67. The van der Waals surface area contributed by atoms with Gasteiger partial charge in [0, 0.05) is 13.0 Å². The molecule has 0 amide bonds. The quantitative estimate of drug-likeness (QED) is 0.501. The monoisotopic (exact) mass is 168 g/mol. The van der Waals surface area contributed by atoms with Gasteiger partial charge >= 0.3 is 0 Å². The largest absolute Gasteiger partial charge is 0.481 e. The highest BCUT2D eigenvalue weighted by molar-refractivity contribution is 5.75. The van der Waals surface area contributed by atoms with Crippen molar-refractivity contribution in [3.63, 3.8) is 0 Å². The normalized spacial score (nSPS) is 11.8. The molecule has 0 atom stereocenters. The fourth-order valence-electron chi connectivity index (χ4n) is 0.808. The first-order chi connectivity index (χ1) is 5.72. The second-order valence-corrected chi connectivity index (χ2v) is 2.36. The van der Waals surface area contributed by atoms with Crippen molar-refractivity contribution >= 4 is 11.7 Å².